The molecule has 23 heavy (non-hydrogen) atoms. The van der Waals surface area contributed by atoms with Crippen molar-refractivity contribution in [3.05, 3.63) is 29.8 Å². The van der Waals surface area contributed by atoms with Crippen LogP contribution in [0.5, 0.6) is 5.75 Å². The van der Waals surface area contributed by atoms with Crippen molar-refractivity contribution in [1.82, 2.24) is 15.8 Å². The van der Waals surface area contributed by atoms with E-state index in [4.69, 9.17) is 0 Å². The molecular formula is C16H19N3O4. The van der Waals surface area contributed by atoms with Gasteiger partial charge in [-0.3, -0.25) is 25.2 Å². The van der Waals surface area contributed by atoms with Crippen LogP contribution in [-0.4, -0.2) is 40.3 Å². The zero-order chi connectivity index (χ0) is 16.4. The number of nitrogens with zero attached hydrogens (tertiary/aromatic N) is 1. The van der Waals surface area contributed by atoms with Crippen LogP contribution in [0.1, 0.15) is 36.0 Å². The van der Waals surface area contributed by atoms with Crippen molar-refractivity contribution in [3.63, 3.8) is 0 Å². The number of phenols is 1. The van der Waals surface area contributed by atoms with Gasteiger partial charge in [0.05, 0.1) is 5.56 Å². The first-order valence-electron chi connectivity index (χ1n) is 7.76. The van der Waals surface area contributed by atoms with Gasteiger partial charge in [0.15, 0.2) is 0 Å². The molecule has 1 aromatic carbocycles. The molecule has 3 amide bonds. The molecule has 2 aliphatic rings. The summed E-state index contributed by atoms with van der Waals surface area (Å²) in [7, 11) is 0. The number of carbonyl (C=O) groups is 3. The highest BCUT2D eigenvalue weighted by atomic mass is 16.3. The van der Waals surface area contributed by atoms with E-state index in [0.717, 1.165) is 12.8 Å². The Bertz CT molecular complexity index is 642. The van der Waals surface area contributed by atoms with E-state index in [9.17, 15) is 19.5 Å². The van der Waals surface area contributed by atoms with E-state index in [1.807, 2.05) is 0 Å². The summed E-state index contributed by atoms with van der Waals surface area (Å²) in [6, 6.07) is 5.62. The lowest BCUT2D eigenvalue weighted by atomic mass is 10.1. The van der Waals surface area contributed by atoms with Gasteiger partial charge in [-0.1, -0.05) is 12.1 Å². The predicted molar refractivity (Wildman–Crippen MR) is 81.2 cm³/mol. The lowest BCUT2D eigenvalue weighted by Crippen LogP contribution is -2.51. The van der Waals surface area contributed by atoms with Crippen LogP contribution in [0.15, 0.2) is 24.3 Å². The average Bonchev–Trinajstić information content (AvgIpc) is 3.29. The van der Waals surface area contributed by atoms with Gasteiger partial charge in [0.25, 0.3) is 11.8 Å². The van der Waals surface area contributed by atoms with Crippen LogP contribution in [0, 0.1) is 5.92 Å². The normalized spacial score (nSPS) is 20.2. The van der Waals surface area contributed by atoms with Gasteiger partial charge in [0, 0.05) is 12.5 Å². The highest BCUT2D eigenvalue weighted by molar-refractivity contribution is 6.00. The molecule has 2 fully saturated rings. The topological polar surface area (TPSA) is 98.7 Å². The smallest absolute Gasteiger partial charge is 0.261 e. The molecular weight excluding hydrogens is 298 g/mol. The maximum atomic E-state index is 12.5. The van der Waals surface area contributed by atoms with Gasteiger partial charge in [-0.2, -0.15) is 0 Å². The van der Waals surface area contributed by atoms with Crippen molar-refractivity contribution in [2.24, 2.45) is 5.92 Å². The molecule has 1 unspecified atom stereocenters. The number of benzene rings is 1. The number of hydrazine groups is 1. The second-order valence-electron chi connectivity index (χ2n) is 5.93. The van der Waals surface area contributed by atoms with E-state index in [-0.39, 0.29) is 29.0 Å². The molecule has 0 aromatic heterocycles. The van der Waals surface area contributed by atoms with Gasteiger partial charge in [-0.05, 0) is 37.8 Å². The summed E-state index contributed by atoms with van der Waals surface area (Å²) < 4.78 is 0. The summed E-state index contributed by atoms with van der Waals surface area (Å²) in [4.78, 5) is 37.8. The molecule has 1 aliphatic carbocycles. The maximum Gasteiger partial charge on any atom is 0.261 e. The molecule has 1 heterocycles. The minimum absolute atomic E-state index is 0.00196. The number of likely N-dealkylation sites (tertiary alicyclic amines) is 1. The molecule has 7 heteroatoms. The van der Waals surface area contributed by atoms with Crippen LogP contribution in [0.3, 0.4) is 0 Å². The van der Waals surface area contributed by atoms with E-state index in [0.29, 0.717) is 19.4 Å². The SMILES string of the molecule is O=C(NNC(=O)C1CCCN1C(=O)c1ccccc1O)C1CC1. The number of hydrogen-bond donors (Lipinski definition) is 3. The zero-order valence-electron chi connectivity index (χ0n) is 12.6. The molecule has 1 saturated heterocycles. The quantitative estimate of drug-likeness (QED) is 0.709. The number of nitrogens with one attached hydrogen (secondary N) is 2. The third-order valence-electron chi connectivity index (χ3n) is 4.21. The molecule has 0 radical (unpaired) electrons. The summed E-state index contributed by atoms with van der Waals surface area (Å²) in [5.41, 5.74) is 4.98. The fourth-order valence-electron chi connectivity index (χ4n) is 2.75. The monoisotopic (exact) mass is 317 g/mol. The largest absolute Gasteiger partial charge is 0.507 e. The number of para-hydroxylation sites is 1. The first-order valence-corrected chi connectivity index (χ1v) is 7.76. The van der Waals surface area contributed by atoms with E-state index in [1.54, 1.807) is 12.1 Å². The molecule has 3 rings (SSSR count). The molecule has 122 valence electrons. The van der Waals surface area contributed by atoms with Gasteiger partial charge < -0.3 is 10.0 Å². The standard InChI is InChI=1S/C16H19N3O4/c20-13-6-2-1-4-11(13)16(23)19-9-3-5-12(19)15(22)18-17-14(21)10-7-8-10/h1-2,4,6,10,12,20H,3,5,7-9H2,(H,17,21)(H,18,22). The van der Waals surface area contributed by atoms with Crippen LogP contribution in [-0.2, 0) is 9.59 Å². The molecule has 1 aliphatic heterocycles. The minimum atomic E-state index is -0.637. The van der Waals surface area contributed by atoms with Crippen molar-refractivity contribution in [1.29, 1.82) is 0 Å². The Labute approximate surface area is 133 Å². The molecule has 0 spiro atoms. The fraction of sp³-hybridized carbons (Fsp3) is 0.438. The first-order chi connectivity index (χ1) is 11.1. The van der Waals surface area contributed by atoms with Crippen molar-refractivity contribution in [3.8, 4) is 5.75 Å². The minimum Gasteiger partial charge on any atom is -0.507 e. The Kier molecular flexibility index (Phi) is 4.18. The summed E-state index contributed by atoms with van der Waals surface area (Å²) in [5.74, 6) is -1.08. The number of amides is 3. The van der Waals surface area contributed by atoms with Crippen molar-refractivity contribution in [2.45, 2.75) is 31.7 Å². The van der Waals surface area contributed by atoms with Crippen LogP contribution >= 0.6 is 0 Å². The highest BCUT2D eigenvalue weighted by Crippen LogP contribution is 2.28. The lowest BCUT2D eigenvalue weighted by Gasteiger charge is -2.24. The Morgan fingerprint density at radius 3 is 2.43 bits per heavy atom. The van der Waals surface area contributed by atoms with Crippen molar-refractivity contribution < 1.29 is 19.5 Å². The molecule has 1 aromatic rings. The van der Waals surface area contributed by atoms with Crippen LogP contribution in [0.4, 0.5) is 0 Å². The third-order valence-corrected chi connectivity index (χ3v) is 4.21. The number of rotatable bonds is 3. The van der Waals surface area contributed by atoms with E-state index >= 15 is 0 Å². The summed E-state index contributed by atoms with van der Waals surface area (Å²) in [6.45, 7) is 0.446. The molecule has 1 atom stereocenters. The van der Waals surface area contributed by atoms with Crippen LogP contribution in [0.2, 0.25) is 0 Å². The number of hydrogen-bond acceptors (Lipinski definition) is 4. The predicted octanol–water partition coefficient (Wildman–Crippen LogP) is 0.554. The fourth-order valence-corrected chi connectivity index (χ4v) is 2.75. The maximum absolute atomic E-state index is 12.5. The Hall–Kier alpha value is -2.57. The van der Waals surface area contributed by atoms with Gasteiger partial charge >= 0.3 is 0 Å². The second-order valence-corrected chi connectivity index (χ2v) is 5.93. The Morgan fingerprint density at radius 2 is 1.74 bits per heavy atom. The lowest BCUT2D eigenvalue weighted by molar-refractivity contribution is -0.131. The van der Waals surface area contributed by atoms with Gasteiger partial charge in [-0.15, -0.1) is 0 Å². The highest BCUT2D eigenvalue weighted by Gasteiger charge is 2.36. The van der Waals surface area contributed by atoms with Gasteiger partial charge in [-0.25, -0.2) is 0 Å². The summed E-state index contributed by atoms with van der Waals surface area (Å²) in [6.07, 6.45) is 2.94. The zero-order valence-corrected chi connectivity index (χ0v) is 12.6. The van der Waals surface area contributed by atoms with Gasteiger partial charge in [0.1, 0.15) is 11.8 Å². The average molecular weight is 317 g/mol. The van der Waals surface area contributed by atoms with E-state index < -0.39 is 11.9 Å². The second kappa shape index (κ2) is 6.28. The van der Waals surface area contributed by atoms with Crippen LogP contribution < -0.4 is 10.9 Å². The van der Waals surface area contributed by atoms with Crippen molar-refractivity contribution >= 4 is 17.7 Å². The molecule has 0 bridgehead atoms. The number of carbonyl (C=O) groups excluding carboxylic acids is 3. The van der Waals surface area contributed by atoms with Crippen LogP contribution in [0.25, 0.3) is 0 Å². The molecule has 1 saturated carbocycles. The van der Waals surface area contributed by atoms with E-state index in [1.165, 1.54) is 17.0 Å². The van der Waals surface area contributed by atoms with Gasteiger partial charge in [0.2, 0.25) is 5.91 Å². The van der Waals surface area contributed by atoms with E-state index in [2.05, 4.69) is 10.9 Å². The number of aromatic hydroxyl groups is 1. The van der Waals surface area contributed by atoms with Crippen molar-refractivity contribution in [2.75, 3.05) is 6.54 Å². The Balaban J connectivity index is 1.64. The molecule has 7 nitrogen and oxygen atoms in total. The summed E-state index contributed by atoms with van der Waals surface area (Å²) >= 11 is 0. The Morgan fingerprint density at radius 1 is 1.04 bits per heavy atom. The first kappa shape index (κ1) is 15.3. The summed E-state index contributed by atoms with van der Waals surface area (Å²) in [5, 5.41) is 9.81. The molecule has 3 N–H and O–H groups in total. The number of phenolic OH excluding ortho intramolecular Hbond substituents is 1. The third kappa shape index (κ3) is 3.28.